The summed E-state index contributed by atoms with van der Waals surface area (Å²) in [5, 5.41) is 0. The maximum atomic E-state index is 5.54. The minimum atomic E-state index is -0.980. The zero-order valence-corrected chi connectivity index (χ0v) is 14.0. The van der Waals surface area contributed by atoms with Gasteiger partial charge in [0.25, 0.3) is 0 Å². The van der Waals surface area contributed by atoms with Crippen LogP contribution in [0.15, 0.2) is 0 Å². The number of hydrogen-bond acceptors (Lipinski definition) is 1. The molecule has 110 valence electrons. The fourth-order valence-electron chi connectivity index (χ4n) is 3.60. The summed E-state index contributed by atoms with van der Waals surface area (Å²) in [6.45, 7) is 5.99. The molecular formula is C16H35OP. The van der Waals surface area contributed by atoms with Crippen molar-refractivity contribution in [3.8, 4) is 0 Å². The van der Waals surface area contributed by atoms with E-state index >= 15 is 0 Å². The van der Waals surface area contributed by atoms with E-state index < -0.39 is 7.26 Å². The molecule has 0 aliphatic carbocycles. The molecule has 1 atom stereocenters. The Morgan fingerprint density at radius 2 is 1.67 bits per heavy atom. The topological polar surface area (TPSA) is 9.23 Å². The van der Waals surface area contributed by atoms with Crippen molar-refractivity contribution in [1.82, 2.24) is 0 Å². The molecule has 0 spiro atoms. The Morgan fingerprint density at radius 1 is 1.00 bits per heavy atom. The molecule has 2 heteroatoms. The van der Waals surface area contributed by atoms with Crippen molar-refractivity contribution in [3.63, 3.8) is 0 Å². The summed E-state index contributed by atoms with van der Waals surface area (Å²) in [6.07, 6.45) is 16.2. The van der Waals surface area contributed by atoms with Crippen molar-refractivity contribution in [2.24, 2.45) is 0 Å². The van der Waals surface area contributed by atoms with E-state index in [4.69, 9.17) is 4.74 Å². The first-order valence-corrected chi connectivity index (χ1v) is 11.2. The molecule has 1 saturated heterocycles. The summed E-state index contributed by atoms with van der Waals surface area (Å²) < 4.78 is 5.54. The molecule has 1 aliphatic rings. The fourth-order valence-corrected chi connectivity index (χ4v) is 8.25. The summed E-state index contributed by atoms with van der Waals surface area (Å²) in [7, 11) is 0.913. The minimum absolute atomic E-state index is 0.935. The van der Waals surface area contributed by atoms with Gasteiger partial charge in [0, 0.05) is 0 Å². The third kappa shape index (κ3) is 5.57. The molecule has 1 heterocycles. The molecule has 1 nitrogen and oxygen atoms in total. The van der Waals surface area contributed by atoms with E-state index in [1.165, 1.54) is 57.8 Å². The van der Waals surface area contributed by atoms with Crippen molar-refractivity contribution in [2.45, 2.75) is 70.4 Å². The molecule has 0 bridgehead atoms. The predicted octanol–water partition coefficient (Wildman–Crippen LogP) is 4.93. The monoisotopic (exact) mass is 274 g/mol. The Labute approximate surface area is 115 Å². The summed E-state index contributed by atoms with van der Waals surface area (Å²) in [4.78, 5) is 0. The van der Waals surface area contributed by atoms with Crippen LogP contribution in [0.1, 0.15) is 64.7 Å². The van der Waals surface area contributed by atoms with Crippen LogP contribution >= 0.6 is 7.26 Å². The summed E-state index contributed by atoms with van der Waals surface area (Å²) in [5.74, 6) is 0. The quantitative estimate of drug-likeness (QED) is 0.428. The van der Waals surface area contributed by atoms with E-state index in [-0.39, 0.29) is 0 Å². The third-order valence-corrected chi connectivity index (χ3v) is 10.4. The summed E-state index contributed by atoms with van der Waals surface area (Å²) in [5.41, 5.74) is 0.935. The van der Waals surface area contributed by atoms with Crippen molar-refractivity contribution in [1.29, 1.82) is 0 Å². The van der Waals surface area contributed by atoms with Gasteiger partial charge >= 0.3 is 115 Å². The van der Waals surface area contributed by atoms with E-state index in [2.05, 4.69) is 13.6 Å². The zero-order valence-electron chi connectivity index (χ0n) is 13.0. The number of hydrogen-bond donors (Lipinski definition) is 0. The SMILES string of the molecule is CCCCCCCC(COC)[PH]1(C)CCCCC1. The Bertz CT molecular complexity index is 199. The molecule has 0 aromatic carbocycles. The molecule has 1 fully saturated rings. The van der Waals surface area contributed by atoms with Crippen LogP contribution in [0.2, 0.25) is 0 Å². The van der Waals surface area contributed by atoms with Crippen LogP contribution in [-0.4, -0.2) is 38.4 Å². The van der Waals surface area contributed by atoms with Gasteiger partial charge in [-0.2, -0.15) is 0 Å². The van der Waals surface area contributed by atoms with Gasteiger partial charge in [-0.3, -0.25) is 0 Å². The van der Waals surface area contributed by atoms with E-state index in [1.54, 1.807) is 12.3 Å². The Kier molecular flexibility index (Phi) is 8.51. The van der Waals surface area contributed by atoms with Crippen LogP contribution < -0.4 is 0 Å². The normalized spacial score (nSPS) is 22.6. The fraction of sp³-hybridized carbons (Fsp3) is 1.00. The molecule has 0 saturated carbocycles. The number of methoxy groups -OCH3 is 1. The molecule has 0 N–H and O–H groups in total. The second-order valence-electron chi connectivity index (χ2n) is 6.57. The standard InChI is InChI=1S/C16H35OP/c1-4-5-6-7-9-12-16(15-17-2)18(3)13-10-8-11-14-18/h16,18H,4-15H2,1-3H3. The van der Waals surface area contributed by atoms with Gasteiger partial charge in [0.05, 0.1) is 0 Å². The summed E-state index contributed by atoms with van der Waals surface area (Å²) >= 11 is 0. The van der Waals surface area contributed by atoms with Gasteiger partial charge in [0.2, 0.25) is 0 Å². The first-order valence-electron chi connectivity index (χ1n) is 8.22. The molecule has 1 aliphatic heterocycles. The van der Waals surface area contributed by atoms with Gasteiger partial charge in [0.15, 0.2) is 0 Å². The van der Waals surface area contributed by atoms with Crippen LogP contribution in [0.5, 0.6) is 0 Å². The molecule has 0 amide bonds. The van der Waals surface area contributed by atoms with Gasteiger partial charge in [-0.05, 0) is 0 Å². The first-order chi connectivity index (χ1) is 8.73. The molecule has 1 unspecified atom stereocenters. The van der Waals surface area contributed by atoms with Gasteiger partial charge in [-0.25, -0.2) is 0 Å². The Balaban J connectivity index is 2.33. The number of rotatable bonds is 9. The van der Waals surface area contributed by atoms with Crippen molar-refractivity contribution < 1.29 is 4.74 Å². The predicted molar refractivity (Wildman–Crippen MR) is 86.9 cm³/mol. The molecule has 18 heavy (non-hydrogen) atoms. The molecule has 1 rings (SSSR count). The van der Waals surface area contributed by atoms with E-state index in [0.717, 1.165) is 12.3 Å². The van der Waals surface area contributed by atoms with Crippen molar-refractivity contribution >= 4 is 7.26 Å². The third-order valence-electron chi connectivity index (χ3n) is 5.01. The average molecular weight is 274 g/mol. The van der Waals surface area contributed by atoms with Gasteiger partial charge in [-0.15, -0.1) is 0 Å². The van der Waals surface area contributed by atoms with Crippen LogP contribution in [0, 0.1) is 0 Å². The average Bonchev–Trinajstić information content (AvgIpc) is 2.38. The van der Waals surface area contributed by atoms with Crippen LogP contribution in [0.25, 0.3) is 0 Å². The van der Waals surface area contributed by atoms with Gasteiger partial charge in [0.1, 0.15) is 0 Å². The number of ether oxygens (including phenoxy) is 1. The summed E-state index contributed by atoms with van der Waals surface area (Å²) in [6, 6.07) is 0. The van der Waals surface area contributed by atoms with Crippen molar-refractivity contribution in [2.75, 3.05) is 32.7 Å². The van der Waals surface area contributed by atoms with Crippen LogP contribution in [-0.2, 0) is 4.74 Å². The second-order valence-corrected chi connectivity index (χ2v) is 11.7. The van der Waals surface area contributed by atoms with E-state index in [0.29, 0.717) is 0 Å². The molecule has 0 aromatic heterocycles. The molecule has 0 aromatic rings. The van der Waals surface area contributed by atoms with Gasteiger partial charge < -0.3 is 0 Å². The number of unbranched alkanes of at least 4 members (excludes halogenated alkanes) is 4. The van der Waals surface area contributed by atoms with Crippen molar-refractivity contribution in [3.05, 3.63) is 0 Å². The van der Waals surface area contributed by atoms with Crippen LogP contribution in [0.3, 0.4) is 0 Å². The molecule has 0 radical (unpaired) electrons. The zero-order chi connectivity index (χ0) is 13.3. The van der Waals surface area contributed by atoms with Crippen LogP contribution in [0.4, 0.5) is 0 Å². The second kappa shape index (κ2) is 9.32. The first kappa shape index (κ1) is 16.4. The Morgan fingerprint density at radius 3 is 2.28 bits per heavy atom. The van der Waals surface area contributed by atoms with E-state index in [1.807, 2.05) is 7.11 Å². The maximum absolute atomic E-state index is 5.54. The molecular weight excluding hydrogens is 239 g/mol. The Hall–Kier alpha value is 0.390. The van der Waals surface area contributed by atoms with Gasteiger partial charge in [-0.1, -0.05) is 0 Å². The van der Waals surface area contributed by atoms with E-state index in [9.17, 15) is 0 Å².